The Balaban J connectivity index is 1.38. The van der Waals surface area contributed by atoms with Gasteiger partial charge in [0.05, 0.1) is 25.0 Å². The Labute approximate surface area is 149 Å². The summed E-state index contributed by atoms with van der Waals surface area (Å²) in [6.07, 6.45) is -0.486. The molecule has 0 aliphatic carbocycles. The molecule has 0 saturated carbocycles. The van der Waals surface area contributed by atoms with Crippen molar-refractivity contribution in [1.29, 1.82) is 0 Å². The van der Waals surface area contributed by atoms with E-state index in [0.717, 1.165) is 37.4 Å². The van der Waals surface area contributed by atoms with Crippen LogP contribution in [0.1, 0.15) is 5.56 Å². The summed E-state index contributed by atoms with van der Waals surface area (Å²) in [5.41, 5.74) is 2.00. The lowest BCUT2D eigenvalue weighted by atomic mass is 10.2. The van der Waals surface area contributed by atoms with E-state index in [1.165, 1.54) is 0 Å². The van der Waals surface area contributed by atoms with Gasteiger partial charge >= 0.3 is 0 Å². The molecule has 0 spiro atoms. The van der Waals surface area contributed by atoms with Crippen molar-refractivity contribution in [1.82, 2.24) is 4.90 Å². The molecule has 0 radical (unpaired) electrons. The zero-order valence-electron chi connectivity index (χ0n) is 14.4. The first kappa shape index (κ1) is 17.7. The van der Waals surface area contributed by atoms with Crippen LogP contribution in [-0.2, 0) is 11.3 Å². The SMILES string of the molecule is Oc1ccccc1N1CCN(C[C@H](O)COCc2ccccc2)CC1. The monoisotopic (exact) mass is 342 g/mol. The first-order chi connectivity index (χ1) is 12.2. The predicted octanol–water partition coefficient (Wildman–Crippen LogP) is 2.09. The highest BCUT2D eigenvalue weighted by molar-refractivity contribution is 5.57. The minimum Gasteiger partial charge on any atom is -0.506 e. The average Bonchev–Trinajstić information content (AvgIpc) is 2.64. The molecule has 2 aromatic carbocycles. The van der Waals surface area contributed by atoms with E-state index in [1.807, 2.05) is 48.5 Å². The average molecular weight is 342 g/mol. The van der Waals surface area contributed by atoms with E-state index in [-0.39, 0.29) is 0 Å². The summed E-state index contributed by atoms with van der Waals surface area (Å²) in [6.45, 7) is 4.90. The van der Waals surface area contributed by atoms with Crippen LogP contribution in [0.4, 0.5) is 5.69 Å². The van der Waals surface area contributed by atoms with Gasteiger partial charge in [0.2, 0.25) is 0 Å². The first-order valence-corrected chi connectivity index (χ1v) is 8.77. The van der Waals surface area contributed by atoms with Crippen molar-refractivity contribution in [2.24, 2.45) is 0 Å². The van der Waals surface area contributed by atoms with Gasteiger partial charge in [-0.2, -0.15) is 0 Å². The molecule has 0 amide bonds. The molecule has 0 unspecified atom stereocenters. The number of phenols is 1. The Kier molecular flexibility index (Phi) is 6.28. The van der Waals surface area contributed by atoms with Crippen molar-refractivity contribution in [2.45, 2.75) is 12.7 Å². The number of anilines is 1. The summed E-state index contributed by atoms with van der Waals surface area (Å²) in [4.78, 5) is 4.43. The van der Waals surface area contributed by atoms with E-state index in [1.54, 1.807) is 6.07 Å². The van der Waals surface area contributed by atoms with Crippen molar-refractivity contribution >= 4 is 5.69 Å². The number of rotatable bonds is 7. The molecule has 5 nitrogen and oxygen atoms in total. The number of para-hydroxylation sites is 2. The zero-order chi connectivity index (χ0) is 17.5. The summed E-state index contributed by atoms with van der Waals surface area (Å²) in [5.74, 6) is 0.324. The van der Waals surface area contributed by atoms with Crippen LogP contribution >= 0.6 is 0 Å². The molecule has 1 fully saturated rings. The Bertz CT molecular complexity index is 642. The van der Waals surface area contributed by atoms with Crippen LogP contribution in [0, 0.1) is 0 Å². The number of hydrogen-bond donors (Lipinski definition) is 2. The van der Waals surface area contributed by atoms with Gasteiger partial charge in [-0.1, -0.05) is 42.5 Å². The summed E-state index contributed by atoms with van der Waals surface area (Å²) in [7, 11) is 0. The summed E-state index contributed by atoms with van der Waals surface area (Å²) >= 11 is 0. The summed E-state index contributed by atoms with van der Waals surface area (Å²) in [5, 5.41) is 20.1. The lowest BCUT2D eigenvalue weighted by Gasteiger charge is -2.37. The molecule has 0 aromatic heterocycles. The largest absolute Gasteiger partial charge is 0.506 e. The van der Waals surface area contributed by atoms with E-state index in [4.69, 9.17) is 4.74 Å². The molecule has 5 heteroatoms. The van der Waals surface area contributed by atoms with Crippen molar-refractivity contribution < 1.29 is 14.9 Å². The quantitative estimate of drug-likeness (QED) is 0.807. The highest BCUT2D eigenvalue weighted by Gasteiger charge is 2.20. The Morgan fingerprint density at radius 3 is 2.32 bits per heavy atom. The highest BCUT2D eigenvalue weighted by atomic mass is 16.5. The fourth-order valence-electron chi connectivity index (χ4n) is 3.14. The molecule has 1 aliphatic rings. The van der Waals surface area contributed by atoms with Crippen molar-refractivity contribution in [3.8, 4) is 5.75 Å². The van der Waals surface area contributed by atoms with E-state index in [0.29, 0.717) is 25.5 Å². The molecule has 0 bridgehead atoms. The predicted molar refractivity (Wildman–Crippen MR) is 98.9 cm³/mol. The number of aromatic hydroxyl groups is 1. The van der Waals surface area contributed by atoms with Crippen LogP contribution < -0.4 is 4.90 Å². The van der Waals surface area contributed by atoms with Crippen LogP contribution in [0.5, 0.6) is 5.75 Å². The third-order valence-electron chi connectivity index (χ3n) is 4.49. The second-order valence-corrected chi connectivity index (χ2v) is 6.43. The number of nitrogens with zero attached hydrogens (tertiary/aromatic N) is 2. The minimum absolute atomic E-state index is 0.324. The molecular formula is C20H26N2O3. The van der Waals surface area contributed by atoms with Crippen LogP contribution in [0.3, 0.4) is 0 Å². The van der Waals surface area contributed by atoms with Gasteiger partial charge in [0.15, 0.2) is 0 Å². The molecule has 1 saturated heterocycles. The van der Waals surface area contributed by atoms with Crippen molar-refractivity contribution in [3.05, 3.63) is 60.2 Å². The van der Waals surface area contributed by atoms with Crippen LogP contribution in [0.15, 0.2) is 54.6 Å². The molecule has 1 atom stereocenters. The maximum absolute atomic E-state index is 10.2. The van der Waals surface area contributed by atoms with E-state index < -0.39 is 6.10 Å². The molecule has 1 aliphatic heterocycles. The lowest BCUT2D eigenvalue weighted by Crippen LogP contribution is -2.49. The maximum atomic E-state index is 10.2. The maximum Gasteiger partial charge on any atom is 0.138 e. The second-order valence-electron chi connectivity index (χ2n) is 6.43. The molecule has 25 heavy (non-hydrogen) atoms. The van der Waals surface area contributed by atoms with Gasteiger partial charge in [0, 0.05) is 32.7 Å². The van der Waals surface area contributed by atoms with Gasteiger partial charge in [0.1, 0.15) is 5.75 Å². The normalized spacial score (nSPS) is 16.8. The standard InChI is InChI=1S/C20H26N2O3/c23-18(16-25-15-17-6-2-1-3-7-17)14-21-10-12-22(13-11-21)19-8-4-5-9-20(19)24/h1-9,18,23-24H,10-16H2/t18-/m0/s1. The number of aliphatic hydroxyl groups excluding tert-OH is 1. The third kappa shape index (κ3) is 5.19. The molecule has 1 heterocycles. The van der Waals surface area contributed by atoms with Gasteiger partial charge in [-0.25, -0.2) is 0 Å². The Hall–Kier alpha value is -2.08. The Morgan fingerprint density at radius 2 is 1.60 bits per heavy atom. The first-order valence-electron chi connectivity index (χ1n) is 8.77. The number of piperazine rings is 1. The van der Waals surface area contributed by atoms with Gasteiger partial charge in [-0.15, -0.1) is 0 Å². The molecular weight excluding hydrogens is 316 g/mol. The fraction of sp³-hybridized carbons (Fsp3) is 0.400. The number of β-amino-alcohol motifs (C(OH)–C–C–N with tert-alkyl or cyclic N) is 1. The van der Waals surface area contributed by atoms with Gasteiger partial charge in [-0.05, 0) is 17.7 Å². The lowest BCUT2D eigenvalue weighted by molar-refractivity contribution is 0.00913. The summed E-state index contributed by atoms with van der Waals surface area (Å²) in [6, 6.07) is 17.4. The molecule has 3 rings (SSSR count). The number of hydrogen-bond acceptors (Lipinski definition) is 5. The van der Waals surface area contributed by atoms with Crippen LogP contribution in [-0.4, -0.2) is 60.5 Å². The molecule has 134 valence electrons. The Morgan fingerprint density at radius 1 is 0.920 bits per heavy atom. The number of phenolic OH excluding ortho intramolecular Hbond substituents is 1. The number of ether oxygens (including phenoxy) is 1. The van der Waals surface area contributed by atoms with Gasteiger partial charge < -0.3 is 19.8 Å². The molecule has 2 aromatic rings. The molecule has 2 N–H and O–H groups in total. The van der Waals surface area contributed by atoms with Gasteiger partial charge in [-0.3, -0.25) is 4.90 Å². The van der Waals surface area contributed by atoms with E-state index in [9.17, 15) is 10.2 Å². The second kappa shape index (κ2) is 8.85. The van der Waals surface area contributed by atoms with Gasteiger partial charge in [0.25, 0.3) is 0 Å². The zero-order valence-corrected chi connectivity index (χ0v) is 14.4. The fourth-order valence-corrected chi connectivity index (χ4v) is 3.14. The van der Waals surface area contributed by atoms with Crippen LogP contribution in [0.2, 0.25) is 0 Å². The summed E-state index contributed by atoms with van der Waals surface area (Å²) < 4.78 is 5.61. The van der Waals surface area contributed by atoms with Crippen molar-refractivity contribution in [3.63, 3.8) is 0 Å². The van der Waals surface area contributed by atoms with Crippen LogP contribution in [0.25, 0.3) is 0 Å². The third-order valence-corrected chi connectivity index (χ3v) is 4.49. The smallest absolute Gasteiger partial charge is 0.138 e. The topological polar surface area (TPSA) is 56.2 Å². The number of aliphatic hydroxyl groups is 1. The minimum atomic E-state index is -0.486. The number of benzene rings is 2. The highest BCUT2D eigenvalue weighted by Crippen LogP contribution is 2.27. The van der Waals surface area contributed by atoms with E-state index in [2.05, 4.69) is 9.80 Å². The van der Waals surface area contributed by atoms with Crippen molar-refractivity contribution in [2.75, 3.05) is 44.2 Å². The van der Waals surface area contributed by atoms with E-state index >= 15 is 0 Å².